The molecule has 1 aromatic rings. The maximum Gasteiger partial charge on any atom is 0.0638 e. The first-order valence-electron chi connectivity index (χ1n) is 6.05. The zero-order valence-electron chi connectivity index (χ0n) is 11.2. The maximum absolute atomic E-state index is 5.98. The number of hydrogen-bond donors (Lipinski definition) is 2. The number of halogens is 1. The van der Waals surface area contributed by atoms with Crippen molar-refractivity contribution in [3.05, 3.63) is 28.8 Å². The van der Waals surface area contributed by atoms with Gasteiger partial charge in [0.15, 0.2) is 0 Å². The lowest BCUT2D eigenvalue weighted by atomic mass is 9.82. The number of nitrogen functional groups attached to an aromatic ring is 1. The van der Waals surface area contributed by atoms with E-state index in [2.05, 4.69) is 33.0 Å². The summed E-state index contributed by atoms with van der Waals surface area (Å²) in [6.07, 6.45) is 0. The average Bonchev–Trinajstić information content (AvgIpc) is 2.22. The van der Waals surface area contributed by atoms with Gasteiger partial charge in [0, 0.05) is 6.54 Å². The van der Waals surface area contributed by atoms with E-state index in [0.717, 1.165) is 13.1 Å². The third kappa shape index (κ3) is 4.57. The third-order valence-electron chi connectivity index (χ3n) is 3.32. The van der Waals surface area contributed by atoms with Gasteiger partial charge in [0.05, 0.1) is 10.7 Å². The Kier molecular flexibility index (Phi) is 4.84. The third-order valence-corrected chi connectivity index (χ3v) is 3.65. The fourth-order valence-electron chi connectivity index (χ4n) is 1.42. The maximum atomic E-state index is 5.98. The number of hydrogen-bond acceptors (Lipinski definition) is 2. The van der Waals surface area contributed by atoms with Gasteiger partial charge in [-0.1, -0.05) is 45.4 Å². The predicted octanol–water partition coefficient (Wildman–Crippen LogP) is 3.69. The summed E-state index contributed by atoms with van der Waals surface area (Å²) in [6.45, 7) is 10.9. The lowest BCUT2D eigenvalue weighted by Crippen LogP contribution is -2.29. The number of nitrogens with one attached hydrogen (secondary N) is 1. The summed E-state index contributed by atoms with van der Waals surface area (Å²) in [7, 11) is 0. The van der Waals surface area contributed by atoms with Crippen molar-refractivity contribution < 1.29 is 0 Å². The van der Waals surface area contributed by atoms with E-state index in [9.17, 15) is 0 Å². The number of benzene rings is 1. The van der Waals surface area contributed by atoms with Crippen LogP contribution in [0.1, 0.15) is 33.3 Å². The van der Waals surface area contributed by atoms with Crippen LogP contribution >= 0.6 is 11.6 Å². The Bertz CT molecular complexity index is 369. The highest BCUT2D eigenvalue weighted by Gasteiger charge is 2.19. The van der Waals surface area contributed by atoms with Crippen LogP contribution in [-0.2, 0) is 6.54 Å². The van der Waals surface area contributed by atoms with Gasteiger partial charge in [-0.2, -0.15) is 0 Å². The average molecular weight is 255 g/mol. The van der Waals surface area contributed by atoms with E-state index in [1.54, 1.807) is 0 Å². The summed E-state index contributed by atoms with van der Waals surface area (Å²) in [5, 5.41) is 4.09. The molecule has 17 heavy (non-hydrogen) atoms. The molecular weight excluding hydrogens is 232 g/mol. The van der Waals surface area contributed by atoms with Crippen molar-refractivity contribution in [3.63, 3.8) is 0 Å². The highest BCUT2D eigenvalue weighted by Crippen LogP contribution is 2.24. The van der Waals surface area contributed by atoms with Crippen molar-refractivity contribution in [1.29, 1.82) is 0 Å². The van der Waals surface area contributed by atoms with Crippen LogP contribution in [0.3, 0.4) is 0 Å². The SMILES string of the molecule is CC(CNCc1ccc(N)c(Cl)c1)C(C)(C)C. The lowest BCUT2D eigenvalue weighted by molar-refractivity contribution is 0.252. The first kappa shape index (κ1) is 14.3. The smallest absolute Gasteiger partial charge is 0.0638 e. The van der Waals surface area contributed by atoms with Crippen LogP contribution in [0, 0.1) is 11.3 Å². The van der Waals surface area contributed by atoms with E-state index >= 15 is 0 Å². The van der Waals surface area contributed by atoms with E-state index in [1.807, 2.05) is 18.2 Å². The molecule has 1 atom stereocenters. The molecule has 0 fully saturated rings. The van der Waals surface area contributed by atoms with Gasteiger partial charge in [-0.15, -0.1) is 0 Å². The molecule has 3 heteroatoms. The Labute approximate surface area is 110 Å². The Balaban J connectivity index is 2.44. The van der Waals surface area contributed by atoms with E-state index in [1.165, 1.54) is 5.56 Å². The molecule has 0 spiro atoms. The second-order valence-electron chi connectivity index (χ2n) is 5.75. The van der Waals surface area contributed by atoms with Crippen molar-refractivity contribution in [2.24, 2.45) is 11.3 Å². The Morgan fingerprint density at radius 1 is 1.35 bits per heavy atom. The fourth-order valence-corrected chi connectivity index (χ4v) is 1.62. The molecule has 1 aromatic carbocycles. The molecule has 0 bridgehead atoms. The second kappa shape index (κ2) is 5.74. The summed E-state index contributed by atoms with van der Waals surface area (Å²) in [6, 6.07) is 5.79. The fraction of sp³-hybridized carbons (Fsp3) is 0.571. The van der Waals surface area contributed by atoms with Gasteiger partial charge >= 0.3 is 0 Å². The molecule has 0 aromatic heterocycles. The van der Waals surface area contributed by atoms with Crippen LogP contribution in [0.15, 0.2) is 18.2 Å². The quantitative estimate of drug-likeness (QED) is 0.805. The molecule has 2 nitrogen and oxygen atoms in total. The molecule has 0 saturated carbocycles. The Morgan fingerprint density at radius 3 is 2.53 bits per heavy atom. The molecule has 0 heterocycles. The first-order chi connectivity index (χ1) is 7.80. The highest BCUT2D eigenvalue weighted by molar-refractivity contribution is 6.33. The summed E-state index contributed by atoms with van der Waals surface area (Å²) in [5.41, 5.74) is 7.82. The van der Waals surface area contributed by atoms with Crippen LogP contribution < -0.4 is 11.1 Å². The number of anilines is 1. The van der Waals surface area contributed by atoms with Crippen LogP contribution in [0.4, 0.5) is 5.69 Å². The molecule has 96 valence electrons. The van der Waals surface area contributed by atoms with Gasteiger partial charge in [0.25, 0.3) is 0 Å². The molecular formula is C14H23ClN2. The monoisotopic (exact) mass is 254 g/mol. The standard InChI is InChI=1S/C14H23ClN2/c1-10(14(2,3)4)8-17-9-11-5-6-13(16)12(15)7-11/h5-7,10,17H,8-9,16H2,1-4H3. The second-order valence-corrected chi connectivity index (χ2v) is 6.16. The van der Waals surface area contributed by atoms with Gasteiger partial charge in [-0.05, 0) is 35.6 Å². The normalized spacial score (nSPS) is 13.7. The predicted molar refractivity (Wildman–Crippen MR) is 76.2 cm³/mol. The topological polar surface area (TPSA) is 38.0 Å². The first-order valence-corrected chi connectivity index (χ1v) is 6.43. The van der Waals surface area contributed by atoms with Crippen LogP contribution in [-0.4, -0.2) is 6.54 Å². The molecule has 0 saturated heterocycles. The summed E-state index contributed by atoms with van der Waals surface area (Å²) in [5.74, 6) is 0.631. The Hall–Kier alpha value is -0.730. The zero-order chi connectivity index (χ0) is 13.1. The number of rotatable bonds is 4. The van der Waals surface area contributed by atoms with Crippen LogP contribution in [0.25, 0.3) is 0 Å². The van der Waals surface area contributed by atoms with Gasteiger partial charge in [0.1, 0.15) is 0 Å². The van der Waals surface area contributed by atoms with Crippen molar-refractivity contribution >= 4 is 17.3 Å². The molecule has 0 aliphatic rings. The van der Waals surface area contributed by atoms with Crippen LogP contribution in [0.5, 0.6) is 0 Å². The van der Waals surface area contributed by atoms with Gasteiger partial charge in [0.2, 0.25) is 0 Å². The molecule has 1 rings (SSSR count). The van der Waals surface area contributed by atoms with Gasteiger partial charge in [-0.3, -0.25) is 0 Å². The van der Waals surface area contributed by atoms with Crippen molar-refractivity contribution in [2.75, 3.05) is 12.3 Å². The van der Waals surface area contributed by atoms with E-state index in [0.29, 0.717) is 22.0 Å². The van der Waals surface area contributed by atoms with E-state index in [4.69, 9.17) is 17.3 Å². The summed E-state index contributed by atoms with van der Waals surface area (Å²) >= 11 is 5.98. The molecule has 0 amide bonds. The van der Waals surface area contributed by atoms with Crippen molar-refractivity contribution in [1.82, 2.24) is 5.32 Å². The lowest BCUT2D eigenvalue weighted by Gasteiger charge is -2.27. The van der Waals surface area contributed by atoms with Crippen LogP contribution in [0.2, 0.25) is 5.02 Å². The minimum Gasteiger partial charge on any atom is -0.398 e. The summed E-state index contributed by atoms with van der Waals surface area (Å²) in [4.78, 5) is 0. The van der Waals surface area contributed by atoms with Crippen molar-refractivity contribution in [2.45, 2.75) is 34.2 Å². The molecule has 0 radical (unpaired) electrons. The van der Waals surface area contributed by atoms with Gasteiger partial charge < -0.3 is 11.1 Å². The van der Waals surface area contributed by atoms with E-state index < -0.39 is 0 Å². The molecule has 1 unspecified atom stereocenters. The van der Waals surface area contributed by atoms with Crippen molar-refractivity contribution in [3.8, 4) is 0 Å². The largest absolute Gasteiger partial charge is 0.398 e. The number of nitrogens with two attached hydrogens (primary N) is 1. The molecule has 0 aliphatic carbocycles. The molecule has 3 N–H and O–H groups in total. The highest BCUT2D eigenvalue weighted by atomic mass is 35.5. The zero-order valence-corrected chi connectivity index (χ0v) is 11.9. The minimum atomic E-state index is 0.339. The Morgan fingerprint density at radius 2 is 2.00 bits per heavy atom. The minimum absolute atomic E-state index is 0.339. The van der Waals surface area contributed by atoms with Gasteiger partial charge in [-0.25, -0.2) is 0 Å². The molecule has 0 aliphatic heterocycles. The van der Waals surface area contributed by atoms with E-state index in [-0.39, 0.29) is 0 Å². The summed E-state index contributed by atoms with van der Waals surface area (Å²) < 4.78 is 0.